The molecule has 1 saturated heterocycles. The van der Waals surface area contributed by atoms with Gasteiger partial charge in [0, 0.05) is 19.1 Å². The van der Waals surface area contributed by atoms with Gasteiger partial charge in [0.15, 0.2) is 0 Å². The van der Waals surface area contributed by atoms with Crippen LogP contribution in [0, 0.1) is 0 Å². The van der Waals surface area contributed by atoms with E-state index in [1.165, 1.54) is 7.11 Å². The number of ether oxygens (including phenoxy) is 2. The van der Waals surface area contributed by atoms with E-state index in [2.05, 4.69) is 5.32 Å². The molecular formula is C18H27N3O4. The summed E-state index contributed by atoms with van der Waals surface area (Å²) in [6.07, 6.45) is 1.28. The zero-order valence-electron chi connectivity index (χ0n) is 15.3. The predicted molar refractivity (Wildman–Crippen MR) is 96.8 cm³/mol. The van der Waals surface area contributed by atoms with Crippen LogP contribution in [0.5, 0.6) is 0 Å². The first kappa shape index (κ1) is 18.9. The quantitative estimate of drug-likeness (QED) is 0.643. The molecule has 0 radical (unpaired) electrons. The average Bonchev–Trinajstić information content (AvgIpc) is 2.52. The molecule has 0 bridgehead atoms. The van der Waals surface area contributed by atoms with Crippen LogP contribution >= 0.6 is 0 Å². The maximum absolute atomic E-state index is 12.1. The third-order valence-corrected chi connectivity index (χ3v) is 3.93. The highest BCUT2D eigenvalue weighted by atomic mass is 16.6. The fraction of sp³-hybridized carbons (Fsp3) is 0.556. The first-order valence-electron chi connectivity index (χ1n) is 8.42. The number of piperidine rings is 1. The fourth-order valence-corrected chi connectivity index (χ4v) is 2.96. The third-order valence-electron chi connectivity index (χ3n) is 3.93. The molecule has 1 aliphatic rings. The predicted octanol–water partition coefficient (Wildman–Crippen LogP) is 2.55. The number of para-hydroxylation sites is 1. The number of benzene rings is 1. The van der Waals surface area contributed by atoms with Crippen molar-refractivity contribution in [2.75, 3.05) is 30.8 Å². The molecule has 0 aromatic heterocycles. The normalized spacial score (nSPS) is 17.8. The standard InChI is InChI=1S/C18H27N3O4/c1-18(2,3)25-17(23)20-12-7-6-10-21(11-12)15-13(16(22)24-4)8-5-9-14(15)19/h5,8-9,12H,6-7,10-11,19H2,1-4H3,(H,20,23)/t12-/m1/s1. The van der Waals surface area contributed by atoms with Crippen molar-refractivity contribution in [3.05, 3.63) is 23.8 Å². The minimum absolute atomic E-state index is 0.0753. The molecule has 1 atom stereocenters. The summed E-state index contributed by atoms with van der Waals surface area (Å²) in [5, 5.41) is 2.90. The van der Waals surface area contributed by atoms with Crippen molar-refractivity contribution in [2.45, 2.75) is 45.3 Å². The van der Waals surface area contributed by atoms with Crippen molar-refractivity contribution in [2.24, 2.45) is 0 Å². The highest BCUT2D eigenvalue weighted by Crippen LogP contribution is 2.31. The fourth-order valence-electron chi connectivity index (χ4n) is 2.96. The smallest absolute Gasteiger partial charge is 0.407 e. The number of carbonyl (C=O) groups excluding carboxylic acids is 2. The molecule has 0 saturated carbocycles. The monoisotopic (exact) mass is 349 g/mol. The third kappa shape index (κ3) is 5.01. The Morgan fingerprint density at radius 2 is 2.04 bits per heavy atom. The van der Waals surface area contributed by atoms with Gasteiger partial charge in [0.05, 0.1) is 24.0 Å². The summed E-state index contributed by atoms with van der Waals surface area (Å²) in [5.74, 6) is -0.426. The summed E-state index contributed by atoms with van der Waals surface area (Å²) in [5.41, 5.74) is 7.17. The number of rotatable bonds is 3. The number of nitrogen functional groups attached to an aromatic ring is 1. The number of amides is 1. The second-order valence-corrected chi connectivity index (χ2v) is 7.17. The van der Waals surface area contributed by atoms with Gasteiger partial charge in [-0.3, -0.25) is 0 Å². The van der Waals surface area contributed by atoms with E-state index in [4.69, 9.17) is 15.2 Å². The van der Waals surface area contributed by atoms with Gasteiger partial charge < -0.3 is 25.4 Å². The van der Waals surface area contributed by atoms with Crippen LogP contribution in [0.25, 0.3) is 0 Å². The number of anilines is 2. The number of hydrogen-bond acceptors (Lipinski definition) is 6. The molecule has 1 amide bonds. The van der Waals surface area contributed by atoms with Crippen LogP contribution in [-0.2, 0) is 9.47 Å². The van der Waals surface area contributed by atoms with Crippen molar-refractivity contribution < 1.29 is 19.1 Å². The van der Waals surface area contributed by atoms with Crippen LogP contribution in [0.4, 0.5) is 16.2 Å². The maximum atomic E-state index is 12.1. The Balaban J connectivity index is 2.14. The summed E-state index contributed by atoms with van der Waals surface area (Å²) in [6.45, 7) is 6.79. The number of nitrogens with two attached hydrogens (primary N) is 1. The van der Waals surface area contributed by atoms with E-state index in [9.17, 15) is 9.59 Å². The van der Waals surface area contributed by atoms with Crippen LogP contribution in [0.1, 0.15) is 44.0 Å². The van der Waals surface area contributed by atoms with Gasteiger partial charge in [0.2, 0.25) is 0 Å². The molecule has 1 aliphatic heterocycles. The van der Waals surface area contributed by atoms with Gasteiger partial charge in [-0.2, -0.15) is 0 Å². The number of hydrogen-bond donors (Lipinski definition) is 2. The molecule has 0 unspecified atom stereocenters. The van der Waals surface area contributed by atoms with Crippen molar-refractivity contribution in [1.29, 1.82) is 0 Å². The molecule has 2 rings (SSSR count). The van der Waals surface area contributed by atoms with E-state index in [1.807, 2.05) is 25.7 Å². The lowest BCUT2D eigenvalue weighted by molar-refractivity contribution is 0.0498. The number of esters is 1. The number of alkyl carbamates (subject to hydrolysis) is 1. The van der Waals surface area contributed by atoms with Gasteiger partial charge in [-0.25, -0.2) is 9.59 Å². The van der Waals surface area contributed by atoms with Gasteiger partial charge in [0.1, 0.15) is 5.60 Å². The topological polar surface area (TPSA) is 93.9 Å². The van der Waals surface area contributed by atoms with Gasteiger partial charge in [-0.05, 0) is 45.7 Å². The van der Waals surface area contributed by atoms with Gasteiger partial charge in [0.25, 0.3) is 0 Å². The summed E-state index contributed by atoms with van der Waals surface area (Å²) in [6, 6.07) is 5.11. The minimum atomic E-state index is -0.541. The summed E-state index contributed by atoms with van der Waals surface area (Å²) < 4.78 is 10.2. The van der Waals surface area contributed by atoms with Crippen LogP contribution in [0.3, 0.4) is 0 Å². The molecule has 25 heavy (non-hydrogen) atoms. The SMILES string of the molecule is COC(=O)c1cccc(N)c1N1CCC[C@@H](NC(=O)OC(C)(C)C)C1. The Morgan fingerprint density at radius 1 is 1.32 bits per heavy atom. The number of carbonyl (C=O) groups is 2. The summed E-state index contributed by atoms with van der Waals surface area (Å²) >= 11 is 0. The number of methoxy groups -OCH3 is 1. The molecule has 1 aromatic carbocycles. The lowest BCUT2D eigenvalue weighted by Crippen LogP contribution is -2.49. The molecule has 1 heterocycles. The van der Waals surface area contributed by atoms with Gasteiger partial charge in [-0.15, -0.1) is 0 Å². The highest BCUT2D eigenvalue weighted by Gasteiger charge is 2.27. The van der Waals surface area contributed by atoms with Crippen LogP contribution in [-0.4, -0.2) is 43.9 Å². The van der Waals surface area contributed by atoms with Gasteiger partial charge in [-0.1, -0.05) is 6.07 Å². The van der Waals surface area contributed by atoms with Crippen molar-refractivity contribution >= 4 is 23.4 Å². The Hall–Kier alpha value is -2.44. The first-order chi connectivity index (χ1) is 11.7. The number of nitrogens with one attached hydrogen (secondary N) is 1. The number of nitrogens with zero attached hydrogens (tertiary/aromatic N) is 1. The lowest BCUT2D eigenvalue weighted by atomic mass is 10.0. The Kier molecular flexibility index (Phi) is 5.77. The van der Waals surface area contributed by atoms with E-state index in [0.29, 0.717) is 23.5 Å². The zero-order chi connectivity index (χ0) is 18.6. The zero-order valence-corrected chi connectivity index (χ0v) is 15.3. The molecule has 0 spiro atoms. The largest absolute Gasteiger partial charge is 0.465 e. The first-order valence-corrected chi connectivity index (χ1v) is 8.42. The molecule has 3 N–H and O–H groups in total. The van der Waals surface area contributed by atoms with E-state index in [0.717, 1.165) is 19.4 Å². The van der Waals surface area contributed by atoms with Crippen molar-refractivity contribution in [1.82, 2.24) is 5.32 Å². The molecule has 7 nitrogen and oxygen atoms in total. The van der Waals surface area contributed by atoms with E-state index < -0.39 is 17.7 Å². The summed E-state index contributed by atoms with van der Waals surface area (Å²) in [4.78, 5) is 26.1. The highest BCUT2D eigenvalue weighted by molar-refractivity contribution is 5.99. The van der Waals surface area contributed by atoms with E-state index in [1.54, 1.807) is 18.2 Å². The van der Waals surface area contributed by atoms with Crippen LogP contribution in [0.15, 0.2) is 18.2 Å². The van der Waals surface area contributed by atoms with Crippen molar-refractivity contribution in [3.63, 3.8) is 0 Å². The van der Waals surface area contributed by atoms with Crippen LogP contribution in [0.2, 0.25) is 0 Å². The lowest BCUT2D eigenvalue weighted by Gasteiger charge is -2.36. The Morgan fingerprint density at radius 3 is 2.68 bits per heavy atom. The molecule has 0 aliphatic carbocycles. The average molecular weight is 349 g/mol. The van der Waals surface area contributed by atoms with Gasteiger partial charge >= 0.3 is 12.1 Å². The molecule has 138 valence electrons. The van der Waals surface area contributed by atoms with Crippen molar-refractivity contribution in [3.8, 4) is 0 Å². The van der Waals surface area contributed by atoms with E-state index >= 15 is 0 Å². The Labute approximate surface area is 148 Å². The Bertz CT molecular complexity index is 640. The molecule has 1 aromatic rings. The second-order valence-electron chi connectivity index (χ2n) is 7.17. The second kappa shape index (κ2) is 7.63. The summed E-state index contributed by atoms with van der Waals surface area (Å²) in [7, 11) is 1.35. The molecule has 7 heteroatoms. The van der Waals surface area contributed by atoms with Crippen LogP contribution < -0.4 is 16.0 Å². The molecule has 1 fully saturated rings. The maximum Gasteiger partial charge on any atom is 0.407 e. The van der Waals surface area contributed by atoms with E-state index in [-0.39, 0.29) is 6.04 Å². The minimum Gasteiger partial charge on any atom is -0.465 e. The molecular weight excluding hydrogens is 322 g/mol.